The van der Waals surface area contributed by atoms with Crippen molar-refractivity contribution in [3.63, 3.8) is 0 Å². The number of rotatable bonds is 6. The Morgan fingerprint density at radius 3 is 2.68 bits per heavy atom. The number of pyridine rings is 1. The third-order valence-electron chi connectivity index (χ3n) is 5.67. The summed E-state index contributed by atoms with van der Waals surface area (Å²) in [5.74, 6) is 2.14. The number of nitrogens with zero attached hydrogens (tertiary/aromatic N) is 5. The molecular weight excluding hydrogens is 392 g/mol. The van der Waals surface area contributed by atoms with Crippen molar-refractivity contribution in [2.45, 2.75) is 26.3 Å². The average Bonchev–Trinajstić information content (AvgIpc) is 3.17. The molecule has 2 aromatic heterocycles. The van der Waals surface area contributed by atoms with Gasteiger partial charge < -0.3 is 19.5 Å². The molecule has 1 aromatic carbocycles. The first-order valence-electron chi connectivity index (χ1n) is 10.8. The Labute approximate surface area is 182 Å². The van der Waals surface area contributed by atoms with Gasteiger partial charge in [0.05, 0.1) is 7.11 Å². The largest absolute Gasteiger partial charge is 0.497 e. The van der Waals surface area contributed by atoms with Crippen LogP contribution in [0.5, 0.6) is 5.75 Å². The van der Waals surface area contributed by atoms with Gasteiger partial charge in [-0.1, -0.05) is 19.9 Å². The van der Waals surface area contributed by atoms with E-state index in [0.29, 0.717) is 19.0 Å². The number of hydrogen-bond acceptors (Lipinski definition) is 5. The molecule has 1 fully saturated rings. The SMILES string of the molecule is COc1cccc(NC(=O)N2CCN(CCn3c(C(C)C)nc4cccnc43)CC2)c1. The lowest BCUT2D eigenvalue weighted by Crippen LogP contribution is -2.50. The number of hydrogen-bond donors (Lipinski definition) is 1. The van der Waals surface area contributed by atoms with Gasteiger partial charge in [0, 0.05) is 63.1 Å². The molecular formula is C23H30N6O2. The molecule has 8 heteroatoms. The summed E-state index contributed by atoms with van der Waals surface area (Å²) in [5.41, 5.74) is 2.64. The maximum Gasteiger partial charge on any atom is 0.321 e. The van der Waals surface area contributed by atoms with E-state index in [0.717, 1.165) is 54.6 Å². The number of ether oxygens (including phenoxy) is 1. The number of imidazole rings is 1. The van der Waals surface area contributed by atoms with Crippen LogP contribution in [0.4, 0.5) is 10.5 Å². The summed E-state index contributed by atoms with van der Waals surface area (Å²) in [6.07, 6.45) is 1.82. The van der Waals surface area contributed by atoms with Gasteiger partial charge in [-0.2, -0.15) is 0 Å². The summed E-state index contributed by atoms with van der Waals surface area (Å²) in [7, 11) is 1.62. The molecule has 1 saturated heterocycles. The number of methoxy groups -OCH3 is 1. The number of amides is 2. The lowest BCUT2D eigenvalue weighted by molar-refractivity contribution is 0.144. The second-order valence-corrected chi connectivity index (χ2v) is 8.11. The van der Waals surface area contributed by atoms with Crippen molar-refractivity contribution in [3.05, 3.63) is 48.4 Å². The first kappa shape index (κ1) is 21.1. The van der Waals surface area contributed by atoms with Crippen LogP contribution in [0.25, 0.3) is 11.2 Å². The number of fused-ring (bicyclic) bond motifs is 1. The molecule has 0 radical (unpaired) electrons. The molecule has 4 rings (SSSR count). The average molecular weight is 423 g/mol. The second kappa shape index (κ2) is 9.34. The molecule has 3 heterocycles. The number of aromatic nitrogens is 3. The summed E-state index contributed by atoms with van der Waals surface area (Å²) in [4.78, 5) is 26.2. The van der Waals surface area contributed by atoms with Gasteiger partial charge in [0.25, 0.3) is 0 Å². The van der Waals surface area contributed by atoms with Gasteiger partial charge in [-0.05, 0) is 24.3 Å². The van der Waals surface area contributed by atoms with Crippen LogP contribution in [-0.4, -0.2) is 70.2 Å². The van der Waals surface area contributed by atoms with Crippen molar-refractivity contribution in [2.75, 3.05) is 45.2 Å². The maximum atomic E-state index is 12.6. The highest BCUT2D eigenvalue weighted by molar-refractivity contribution is 5.89. The van der Waals surface area contributed by atoms with Gasteiger partial charge >= 0.3 is 6.03 Å². The molecule has 1 aliphatic heterocycles. The van der Waals surface area contributed by atoms with Gasteiger partial charge in [-0.3, -0.25) is 4.90 Å². The molecule has 0 aliphatic carbocycles. The van der Waals surface area contributed by atoms with Crippen LogP contribution in [0, 0.1) is 0 Å². The standard InChI is InChI=1S/C23H30N6O2/c1-17(2)21-26-20-8-5-9-24-22(20)29(21)15-12-27-10-13-28(14-11-27)23(30)25-18-6-4-7-19(16-18)31-3/h4-9,16-17H,10-15H2,1-3H3,(H,25,30). The smallest absolute Gasteiger partial charge is 0.321 e. The Morgan fingerprint density at radius 2 is 1.94 bits per heavy atom. The molecule has 31 heavy (non-hydrogen) atoms. The van der Waals surface area contributed by atoms with Crippen molar-refractivity contribution in [1.29, 1.82) is 0 Å². The first-order chi connectivity index (χ1) is 15.0. The van der Waals surface area contributed by atoms with Gasteiger partial charge in [0.1, 0.15) is 17.1 Å². The monoisotopic (exact) mass is 422 g/mol. The van der Waals surface area contributed by atoms with Crippen molar-refractivity contribution < 1.29 is 9.53 Å². The number of carbonyl (C=O) groups is 1. The molecule has 1 aliphatic rings. The predicted octanol–water partition coefficient (Wildman–Crippen LogP) is 3.41. The third-order valence-corrected chi connectivity index (χ3v) is 5.67. The lowest BCUT2D eigenvalue weighted by Gasteiger charge is -2.34. The number of piperazine rings is 1. The first-order valence-corrected chi connectivity index (χ1v) is 10.8. The van der Waals surface area contributed by atoms with E-state index < -0.39 is 0 Å². The molecule has 0 bridgehead atoms. The number of nitrogens with one attached hydrogen (secondary N) is 1. The van der Waals surface area contributed by atoms with Gasteiger partial charge in [-0.15, -0.1) is 0 Å². The van der Waals surface area contributed by atoms with E-state index in [-0.39, 0.29) is 6.03 Å². The quantitative estimate of drug-likeness (QED) is 0.659. The summed E-state index contributed by atoms with van der Waals surface area (Å²) in [5, 5.41) is 2.96. The van der Waals surface area contributed by atoms with Crippen LogP contribution in [0.2, 0.25) is 0 Å². The minimum Gasteiger partial charge on any atom is -0.497 e. The fourth-order valence-corrected chi connectivity index (χ4v) is 3.96. The van der Waals surface area contributed by atoms with Crippen molar-refractivity contribution in [1.82, 2.24) is 24.3 Å². The zero-order valence-corrected chi connectivity index (χ0v) is 18.4. The van der Waals surface area contributed by atoms with E-state index in [9.17, 15) is 4.79 Å². The molecule has 0 saturated carbocycles. The number of anilines is 1. The highest BCUT2D eigenvalue weighted by Crippen LogP contribution is 2.21. The van der Waals surface area contributed by atoms with E-state index in [1.807, 2.05) is 47.5 Å². The van der Waals surface area contributed by atoms with Crippen LogP contribution in [-0.2, 0) is 6.54 Å². The molecule has 0 unspecified atom stereocenters. The van der Waals surface area contributed by atoms with E-state index in [4.69, 9.17) is 9.72 Å². The second-order valence-electron chi connectivity index (χ2n) is 8.11. The Hall–Kier alpha value is -3.13. The topological polar surface area (TPSA) is 75.5 Å². The fourth-order valence-electron chi connectivity index (χ4n) is 3.96. The zero-order valence-electron chi connectivity index (χ0n) is 18.4. The molecule has 1 N–H and O–H groups in total. The van der Waals surface area contributed by atoms with Crippen LogP contribution < -0.4 is 10.1 Å². The van der Waals surface area contributed by atoms with E-state index >= 15 is 0 Å². The summed E-state index contributed by atoms with van der Waals surface area (Å²) >= 11 is 0. The van der Waals surface area contributed by atoms with Crippen molar-refractivity contribution >= 4 is 22.9 Å². The summed E-state index contributed by atoms with van der Waals surface area (Å²) in [6, 6.07) is 11.3. The minimum atomic E-state index is -0.0696. The molecule has 3 aromatic rings. The molecule has 164 valence electrons. The zero-order chi connectivity index (χ0) is 21.8. The third kappa shape index (κ3) is 4.80. The molecule has 2 amide bonds. The highest BCUT2D eigenvalue weighted by atomic mass is 16.5. The molecule has 8 nitrogen and oxygen atoms in total. The van der Waals surface area contributed by atoms with Gasteiger partial charge in [0.15, 0.2) is 5.65 Å². The van der Waals surface area contributed by atoms with Crippen LogP contribution >= 0.6 is 0 Å². The van der Waals surface area contributed by atoms with Gasteiger partial charge in [-0.25, -0.2) is 14.8 Å². The highest BCUT2D eigenvalue weighted by Gasteiger charge is 2.22. The van der Waals surface area contributed by atoms with Crippen LogP contribution in [0.1, 0.15) is 25.6 Å². The Bertz CT molecular complexity index is 1040. The van der Waals surface area contributed by atoms with Crippen LogP contribution in [0.3, 0.4) is 0 Å². The number of carbonyl (C=O) groups excluding carboxylic acids is 1. The van der Waals surface area contributed by atoms with Crippen LogP contribution in [0.15, 0.2) is 42.6 Å². The molecule has 0 spiro atoms. The Balaban J connectivity index is 1.32. The van der Waals surface area contributed by atoms with Gasteiger partial charge in [0.2, 0.25) is 0 Å². The fraction of sp³-hybridized carbons (Fsp3) is 0.435. The van der Waals surface area contributed by atoms with E-state index in [1.165, 1.54) is 0 Å². The minimum absolute atomic E-state index is 0.0696. The Morgan fingerprint density at radius 1 is 1.13 bits per heavy atom. The predicted molar refractivity (Wildman–Crippen MR) is 122 cm³/mol. The van der Waals surface area contributed by atoms with E-state index in [2.05, 4.69) is 33.6 Å². The number of benzene rings is 1. The van der Waals surface area contributed by atoms with E-state index in [1.54, 1.807) is 7.11 Å². The lowest BCUT2D eigenvalue weighted by atomic mass is 10.2. The normalized spacial score (nSPS) is 14.9. The number of urea groups is 1. The maximum absolute atomic E-state index is 12.6. The Kier molecular flexibility index (Phi) is 6.36. The van der Waals surface area contributed by atoms with Crippen molar-refractivity contribution in [2.24, 2.45) is 0 Å². The molecule has 0 atom stereocenters. The summed E-state index contributed by atoms with van der Waals surface area (Å²) < 4.78 is 7.46. The summed E-state index contributed by atoms with van der Waals surface area (Å²) in [6.45, 7) is 9.19. The van der Waals surface area contributed by atoms with Crippen molar-refractivity contribution in [3.8, 4) is 5.75 Å².